The highest BCUT2D eigenvalue weighted by atomic mass is 16.7. The van der Waals surface area contributed by atoms with E-state index in [0.717, 1.165) is 5.56 Å². The topological polar surface area (TPSA) is 78.3 Å². The SMILES string of the molecule is CON1C(=O)CC[C@@H]1[C@@H](N=[N+]=[N-])c1ccccc1. The molecule has 1 fully saturated rings. The molecule has 0 aliphatic carbocycles. The first-order valence-corrected chi connectivity index (χ1v) is 5.73. The van der Waals surface area contributed by atoms with Crippen LogP contribution in [0.2, 0.25) is 0 Å². The summed E-state index contributed by atoms with van der Waals surface area (Å²) >= 11 is 0. The van der Waals surface area contributed by atoms with Crippen molar-refractivity contribution in [3.63, 3.8) is 0 Å². The van der Waals surface area contributed by atoms with Crippen molar-refractivity contribution in [2.45, 2.75) is 24.9 Å². The highest BCUT2D eigenvalue weighted by Gasteiger charge is 2.37. The summed E-state index contributed by atoms with van der Waals surface area (Å²) in [5.74, 6) is -0.0726. The van der Waals surface area contributed by atoms with Gasteiger partial charge in [0.1, 0.15) is 0 Å². The van der Waals surface area contributed by atoms with Crippen LogP contribution >= 0.6 is 0 Å². The van der Waals surface area contributed by atoms with E-state index in [9.17, 15) is 4.79 Å². The van der Waals surface area contributed by atoms with E-state index in [1.54, 1.807) is 0 Å². The number of rotatable bonds is 4. The Morgan fingerprint density at radius 1 is 1.50 bits per heavy atom. The third-order valence-corrected chi connectivity index (χ3v) is 3.08. The molecule has 1 heterocycles. The van der Waals surface area contributed by atoms with Crippen molar-refractivity contribution in [2.75, 3.05) is 7.11 Å². The summed E-state index contributed by atoms with van der Waals surface area (Å²) in [5, 5.41) is 5.13. The van der Waals surface area contributed by atoms with Crippen molar-refractivity contribution in [1.82, 2.24) is 5.06 Å². The molecule has 0 N–H and O–H groups in total. The lowest BCUT2D eigenvalue weighted by Gasteiger charge is -2.27. The maximum absolute atomic E-state index is 11.6. The van der Waals surface area contributed by atoms with E-state index in [0.29, 0.717) is 12.8 Å². The molecule has 1 aromatic carbocycles. The standard InChI is InChI=1S/C12H14N4O2/c1-18-16-10(7-8-11(16)17)12(14-15-13)9-5-3-2-4-6-9/h2-6,10,12H,7-8H2,1H3/t10-,12+/m1/s1. The van der Waals surface area contributed by atoms with Crippen molar-refractivity contribution in [2.24, 2.45) is 5.11 Å². The Morgan fingerprint density at radius 2 is 2.22 bits per heavy atom. The summed E-state index contributed by atoms with van der Waals surface area (Å²) in [6.07, 6.45) is 1.05. The van der Waals surface area contributed by atoms with Crippen molar-refractivity contribution >= 4 is 5.91 Å². The molecular weight excluding hydrogens is 232 g/mol. The molecule has 1 aromatic rings. The van der Waals surface area contributed by atoms with Crippen LogP contribution in [0.1, 0.15) is 24.4 Å². The molecule has 6 nitrogen and oxygen atoms in total. The van der Waals surface area contributed by atoms with Gasteiger partial charge < -0.3 is 0 Å². The third kappa shape index (κ3) is 2.30. The monoisotopic (exact) mass is 246 g/mol. The minimum atomic E-state index is -0.414. The quantitative estimate of drug-likeness (QED) is 0.465. The summed E-state index contributed by atoms with van der Waals surface area (Å²) < 4.78 is 0. The van der Waals surface area contributed by atoms with Gasteiger partial charge in [-0.1, -0.05) is 35.4 Å². The number of amides is 1. The largest absolute Gasteiger partial charge is 0.274 e. The predicted octanol–water partition coefficient (Wildman–Crippen LogP) is 2.59. The Bertz CT molecular complexity index is 470. The minimum Gasteiger partial charge on any atom is -0.274 e. The fraction of sp³-hybridized carbons (Fsp3) is 0.417. The molecule has 1 saturated heterocycles. The van der Waals surface area contributed by atoms with Gasteiger partial charge >= 0.3 is 0 Å². The summed E-state index contributed by atoms with van der Waals surface area (Å²) in [7, 11) is 1.45. The van der Waals surface area contributed by atoms with E-state index in [4.69, 9.17) is 10.4 Å². The number of hydrogen-bond acceptors (Lipinski definition) is 3. The minimum absolute atomic E-state index is 0.0726. The number of carbonyl (C=O) groups is 1. The van der Waals surface area contributed by atoms with E-state index in [-0.39, 0.29) is 11.9 Å². The van der Waals surface area contributed by atoms with Crippen LogP contribution < -0.4 is 0 Å². The normalized spacial score (nSPS) is 20.6. The zero-order chi connectivity index (χ0) is 13.0. The molecule has 0 bridgehead atoms. The zero-order valence-electron chi connectivity index (χ0n) is 10.1. The second-order valence-corrected chi connectivity index (χ2v) is 4.07. The molecule has 18 heavy (non-hydrogen) atoms. The molecule has 1 aliphatic rings. The molecule has 0 radical (unpaired) electrons. The molecule has 1 aliphatic heterocycles. The first-order chi connectivity index (χ1) is 8.77. The van der Waals surface area contributed by atoms with Crippen molar-refractivity contribution in [3.8, 4) is 0 Å². The maximum Gasteiger partial charge on any atom is 0.246 e. The Morgan fingerprint density at radius 3 is 2.83 bits per heavy atom. The number of hydroxylamine groups is 2. The summed E-state index contributed by atoms with van der Waals surface area (Å²) in [4.78, 5) is 19.6. The molecule has 0 saturated carbocycles. The van der Waals surface area contributed by atoms with E-state index in [1.165, 1.54) is 12.2 Å². The van der Waals surface area contributed by atoms with Gasteiger partial charge in [0.15, 0.2) is 0 Å². The van der Waals surface area contributed by atoms with Crippen molar-refractivity contribution < 1.29 is 9.63 Å². The molecule has 0 unspecified atom stereocenters. The van der Waals surface area contributed by atoms with Crippen LogP contribution in [0.5, 0.6) is 0 Å². The molecule has 0 spiro atoms. The van der Waals surface area contributed by atoms with Crippen LogP contribution in [0.3, 0.4) is 0 Å². The Balaban J connectivity index is 2.31. The summed E-state index contributed by atoms with van der Waals surface area (Å²) in [5.41, 5.74) is 9.58. The lowest BCUT2D eigenvalue weighted by Crippen LogP contribution is -2.35. The Labute approximate surface area is 105 Å². The molecule has 6 heteroatoms. The van der Waals surface area contributed by atoms with Crippen molar-refractivity contribution in [1.29, 1.82) is 0 Å². The van der Waals surface area contributed by atoms with Crippen LogP contribution in [0.4, 0.5) is 0 Å². The third-order valence-electron chi connectivity index (χ3n) is 3.08. The van der Waals surface area contributed by atoms with Gasteiger partial charge in [-0.05, 0) is 17.5 Å². The number of benzene rings is 1. The van der Waals surface area contributed by atoms with Crippen LogP contribution in [0.15, 0.2) is 35.4 Å². The van der Waals surface area contributed by atoms with Gasteiger partial charge in [0.2, 0.25) is 5.91 Å². The second-order valence-electron chi connectivity index (χ2n) is 4.07. The van der Waals surface area contributed by atoms with Crippen LogP contribution in [0.25, 0.3) is 10.4 Å². The fourth-order valence-corrected chi connectivity index (χ4v) is 2.28. The first kappa shape index (κ1) is 12.4. The number of carbonyl (C=O) groups excluding carboxylic acids is 1. The van der Waals surface area contributed by atoms with Gasteiger partial charge in [0, 0.05) is 11.3 Å². The van der Waals surface area contributed by atoms with Crippen LogP contribution in [-0.2, 0) is 9.63 Å². The van der Waals surface area contributed by atoms with Gasteiger partial charge in [0.05, 0.1) is 19.2 Å². The van der Waals surface area contributed by atoms with Crippen molar-refractivity contribution in [3.05, 3.63) is 46.3 Å². The van der Waals surface area contributed by atoms with E-state index in [1.807, 2.05) is 30.3 Å². The zero-order valence-corrected chi connectivity index (χ0v) is 10.1. The van der Waals surface area contributed by atoms with Gasteiger partial charge in [-0.15, -0.1) is 0 Å². The van der Waals surface area contributed by atoms with Gasteiger partial charge in [0.25, 0.3) is 0 Å². The maximum atomic E-state index is 11.6. The fourth-order valence-electron chi connectivity index (χ4n) is 2.28. The average Bonchev–Trinajstić information content (AvgIpc) is 2.78. The van der Waals surface area contributed by atoms with E-state index in [2.05, 4.69) is 10.0 Å². The van der Waals surface area contributed by atoms with E-state index >= 15 is 0 Å². The Hall–Kier alpha value is -2.04. The average molecular weight is 246 g/mol. The lowest BCUT2D eigenvalue weighted by atomic mass is 9.99. The highest BCUT2D eigenvalue weighted by molar-refractivity contribution is 5.77. The molecule has 1 amide bonds. The van der Waals surface area contributed by atoms with Crippen LogP contribution in [-0.4, -0.2) is 24.1 Å². The molecule has 0 aromatic heterocycles. The lowest BCUT2D eigenvalue weighted by molar-refractivity contribution is -0.179. The molecule has 2 atom stereocenters. The number of nitrogens with zero attached hydrogens (tertiary/aromatic N) is 4. The van der Waals surface area contributed by atoms with Gasteiger partial charge in [-0.2, -0.15) is 0 Å². The van der Waals surface area contributed by atoms with Gasteiger partial charge in [-0.3, -0.25) is 9.63 Å². The highest BCUT2D eigenvalue weighted by Crippen LogP contribution is 2.32. The molecule has 94 valence electrons. The number of hydrogen-bond donors (Lipinski definition) is 0. The molecular formula is C12H14N4O2. The Kier molecular flexibility index (Phi) is 3.82. The summed E-state index contributed by atoms with van der Waals surface area (Å²) in [6.45, 7) is 0. The first-order valence-electron chi connectivity index (χ1n) is 5.73. The summed E-state index contributed by atoms with van der Waals surface area (Å²) in [6, 6.07) is 8.77. The second kappa shape index (κ2) is 5.53. The van der Waals surface area contributed by atoms with Gasteiger partial charge in [-0.25, -0.2) is 5.06 Å². The van der Waals surface area contributed by atoms with Crippen LogP contribution in [0, 0.1) is 0 Å². The predicted molar refractivity (Wildman–Crippen MR) is 65.2 cm³/mol. The number of azide groups is 1. The molecule has 2 rings (SSSR count). The smallest absolute Gasteiger partial charge is 0.246 e. The van der Waals surface area contributed by atoms with E-state index < -0.39 is 6.04 Å².